The first kappa shape index (κ1) is 15.0. The van der Waals surface area contributed by atoms with Gasteiger partial charge in [0.1, 0.15) is 0 Å². The van der Waals surface area contributed by atoms with E-state index in [0.717, 1.165) is 16.8 Å². The fraction of sp³-hybridized carbons (Fsp3) is 0.250. The van der Waals surface area contributed by atoms with Gasteiger partial charge in [0.25, 0.3) is 0 Å². The predicted molar refractivity (Wildman–Crippen MR) is 81.1 cm³/mol. The summed E-state index contributed by atoms with van der Waals surface area (Å²) in [6.07, 6.45) is 0. The molecule has 2 aromatic rings. The molecule has 0 spiro atoms. The lowest BCUT2D eigenvalue weighted by molar-refractivity contribution is -0.387. The molecule has 0 unspecified atom stereocenters. The summed E-state index contributed by atoms with van der Waals surface area (Å²) in [6.45, 7) is 4.27. The van der Waals surface area contributed by atoms with Crippen LogP contribution in [0.5, 0.6) is 0 Å². The molecular formula is C16H17FN2O2. The molecule has 0 radical (unpaired) electrons. The van der Waals surface area contributed by atoms with Crippen molar-refractivity contribution in [3.05, 3.63) is 69.0 Å². The fourth-order valence-electron chi connectivity index (χ4n) is 2.35. The van der Waals surface area contributed by atoms with Gasteiger partial charge >= 0.3 is 5.69 Å². The predicted octanol–water partition coefficient (Wildman–Crippen LogP) is 3.99. The Morgan fingerprint density at radius 1 is 1.19 bits per heavy atom. The average molecular weight is 288 g/mol. The third-order valence-corrected chi connectivity index (χ3v) is 3.31. The molecule has 2 aromatic carbocycles. The van der Waals surface area contributed by atoms with Gasteiger partial charge in [-0.25, -0.2) is 0 Å². The second-order valence-corrected chi connectivity index (χ2v) is 5.21. The van der Waals surface area contributed by atoms with Crippen LogP contribution in [0, 0.1) is 29.8 Å². The average Bonchev–Trinajstić information content (AvgIpc) is 2.39. The zero-order valence-corrected chi connectivity index (χ0v) is 12.3. The molecule has 4 nitrogen and oxygen atoms in total. The monoisotopic (exact) mass is 288 g/mol. The fourth-order valence-corrected chi connectivity index (χ4v) is 2.35. The van der Waals surface area contributed by atoms with Gasteiger partial charge in [-0.05, 0) is 37.1 Å². The van der Waals surface area contributed by atoms with Gasteiger partial charge in [0.2, 0.25) is 5.82 Å². The highest BCUT2D eigenvalue weighted by atomic mass is 19.1. The number of hydrogen-bond acceptors (Lipinski definition) is 3. The quantitative estimate of drug-likeness (QED) is 0.631. The lowest BCUT2D eigenvalue weighted by Gasteiger charge is -2.20. The van der Waals surface area contributed by atoms with Crippen LogP contribution in [0.25, 0.3) is 0 Å². The van der Waals surface area contributed by atoms with E-state index in [4.69, 9.17) is 0 Å². The Bertz CT molecular complexity index is 666. The summed E-state index contributed by atoms with van der Waals surface area (Å²) in [7, 11) is 1.84. The van der Waals surface area contributed by atoms with Crippen molar-refractivity contribution in [2.75, 3.05) is 11.9 Å². The first-order chi connectivity index (χ1) is 9.88. The smallest absolute Gasteiger partial charge is 0.305 e. The summed E-state index contributed by atoms with van der Waals surface area (Å²) in [5.74, 6) is -0.765. The molecule has 21 heavy (non-hydrogen) atoms. The number of aryl methyl sites for hydroxylation is 2. The molecule has 0 aliphatic carbocycles. The number of nitrogens with zero attached hydrogens (tertiary/aromatic N) is 2. The maximum absolute atomic E-state index is 14.1. The van der Waals surface area contributed by atoms with E-state index in [-0.39, 0.29) is 6.54 Å². The number of anilines is 1. The molecule has 0 amide bonds. The zero-order chi connectivity index (χ0) is 15.6. The largest absolute Gasteiger partial charge is 0.370 e. The normalized spacial score (nSPS) is 10.5. The van der Waals surface area contributed by atoms with Crippen molar-refractivity contribution < 1.29 is 9.31 Å². The maximum atomic E-state index is 14.1. The van der Waals surface area contributed by atoms with Crippen molar-refractivity contribution in [1.82, 2.24) is 0 Å². The van der Waals surface area contributed by atoms with Crippen LogP contribution in [-0.2, 0) is 6.54 Å². The Morgan fingerprint density at radius 2 is 1.81 bits per heavy atom. The zero-order valence-electron chi connectivity index (χ0n) is 12.3. The van der Waals surface area contributed by atoms with Gasteiger partial charge in [0.15, 0.2) is 0 Å². The first-order valence-electron chi connectivity index (χ1n) is 6.59. The number of hydrogen-bond donors (Lipinski definition) is 0. The Labute approximate surface area is 123 Å². The molecule has 0 N–H and O–H groups in total. The highest BCUT2D eigenvalue weighted by Crippen LogP contribution is 2.24. The molecule has 0 aliphatic rings. The van der Waals surface area contributed by atoms with Crippen molar-refractivity contribution in [3.63, 3.8) is 0 Å². The third-order valence-electron chi connectivity index (χ3n) is 3.31. The molecule has 0 bridgehead atoms. The van der Waals surface area contributed by atoms with Crippen molar-refractivity contribution in [1.29, 1.82) is 0 Å². The van der Waals surface area contributed by atoms with E-state index in [1.165, 1.54) is 12.1 Å². The molecule has 0 aromatic heterocycles. The number of halogens is 1. The molecular weight excluding hydrogens is 271 g/mol. The van der Waals surface area contributed by atoms with Crippen LogP contribution in [-0.4, -0.2) is 12.0 Å². The van der Waals surface area contributed by atoms with E-state index in [1.54, 1.807) is 6.07 Å². The van der Waals surface area contributed by atoms with Crippen LogP contribution in [0.2, 0.25) is 0 Å². The van der Waals surface area contributed by atoms with E-state index < -0.39 is 16.4 Å². The highest BCUT2D eigenvalue weighted by molar-refractivity contribution is 5.51. The maximum Gasteiger partial charge on any atom is 0.305 e. The SMILES string of the molecule is Cc1cc(C)cc(N(C)Cc2cccc([N+](=O)[O-])c2F)c1. The lowest BCUT2D eigenvalue weighted by atomic mass is 10.1. The minimum atomic E-state index is -0.765. The summed E-state index contributed by atoms with van der Waals surface area (Å²) >= 11 is 0. The first-order valence-corrected chi connectivity index (χ1v) is 6.59. The molecule has 5 heteroatoms. The Morgan fingerprint density at radius 3 is 2.38 bits per heavy atom. The Kier molecular flexibility index (Phi) is 4.21. The van der Waals surface area contributed by atoms with Crippen molar-refractivity contribution >= 4 is 11.4 Å². The standard InChI is InChI=1S/C16H17FN2O2/c1-11-7-12(2)9-14(8-11)18(3)10-13-5-4-6-15(16(13)17)19(20)21/h4-9H,10H2,1-3H3. The van der Waals surface area contributed by atoms with Crippen LogP contribution in [0.15, 0.2) is 36.4 Å². The van der Waals surface area contributed by atoms with Crippen molar-refractivity contribution in [3.8, 4) is 0 Å². The highest BCUT2D eigenvalue weighted by Gasteiger charge is 2.18. The summed E-state index contributed by atoms with van der Waals surface area (Å²) < 4.78 is 14.1. The summed E-state index contributed by atoms with van der Waals surface area (Å²) in [5, 5.41) is 10.8. The van der Waals surface area contributed by atoms with E-state index in [0.29, 0.717) is 5.56 Å². The minimum absolute atomic E-state index is 0.274. The topological polar surface area (TPSA) is 46.4 Å². The van der Waals surface area contributed by atoms with E-state index >= 15 is 0 Å². The Hall–Kier alpha value is -2.43. The molecule has 0 atom stereocenters. The van der Waals surface area contributed by atoms with E-state index in [9.17, 15) is 14.5 Å². The van der Waals surface area contributed by atoms with Crippen LogP contribution in [0.1, 0.15) is 16.7 Å². The van der Waals surface area contributed by atoms with Crippen LogP contribution < -0.4 is 4.90 Å². The molecule has 0 saturated heterocycles. The second-order valence-electron chi connectivity index (χ2n) is 5.21. The third kappa shape index (κ3) is 3.37. The van der Waals surface area contributed by atoms with Gasteiger partial charge in [-0.2, -0.15) is 4.39 Å². The van der Waals surface area contributed by atoms with Crippen LogP contribution in [0.4, 0.5) is 15.8 Å². The van der Waals surface area contributed by atoms with Gasteiger partial charge in [-0.3, -0.25) is 10.1 Å². The van der Waals surface area contributed by atoms with Gasteiger partial charge in [-0.1, -0.05) is 18.2 Å². The molecule has 110 valence electrons. The molecule has 0 aliphatic heterocycles. The Balaban J connectivity index is 2.29. The second kappa shape index (κ2) is 5.91. The molecule has 0 fully saturated rings. The summed E-state index contributed by atoms with van der Waals surface area (Å²) in [5.41, 5.74) is 3.03. The molecule has 0 saturated carbocycles. The van der Waals surface area contributed by atoms with Crippen LogP contribution >= 0.6 is 0 Å². The summed E-state index contributed by atoms with van der Waals surface area (Å²) in [4.78, 5) is 11.9. The number of nitro benzene ring substituents is 1. The van der Waals surface area contributed by atoms with E-state index in [1.807, 2.05) is 37.9 Å². The van der Waals surface area contributed by atoms with Crippen molar-refractivity contribution in [2.45, 2.75) is 20.4 Å². The number of nitro groups is 1. The number of rotatable bonds is 4. The molecule has 2 rings (SSSR count). The van der Waals surface area contributed by atoms with Gasteiger partial charge < -0.3 is 4.90 Å². The van der Waals surface area contributed by atoms with Gasteiger partial charge in [0.05, 0.1) is 4.92 Å². The minimum Gasteiger partial charge on any atom is -0.370 e. The lowest BCUT2D eigenvalue weighted by Crippen LogP contribution is -2.17. The summed E-state index contributed by atoms with van der Waals surface area (Å²) in [6, 6.07) is 10.3. The van der Waals surface area contributed by atoms with Crippen LogP contribution in [0.3, 0.4) is 0 Å². The van der Waals surface area contributed by atoms with E-state index in [2.05, 4.69) is 6.07 Å². The van der Waals surface area contributed by atoms with Crippen molar-refractivity contribution in [2.24, 2.45) is 0 Å². The number of benzene rings is 2. The van der Waals surface area contributed by atoms with Gasteiger partial charge in [-0.15, -0.1) is 0 Å². The van der Waals surface area contributed by atoms with Gasteiger partial charge in [0, 0.05) is 30.9 Å². The molecule has 0 heterocycles.